The lowest BCUT2D eigenvalue weighted by atomic mass is 9.78. The number of carbonyl (C=O) groups excluding carboxylic acids is 1. The van der Waals surface area contributed by atoms with E-state index < -0.39 is 0 Å². The number of benzene rings is 1. The van der Waals surface area contributed by atoms with Gasteiger partial charge >= 0.3 is 0 Å². The maximum Gasteiger partial charge on any atom is 0.257 e. The molecule has 3 rings (SSSR count). The summed E-state index contributed by atoms with van der Waals surface area (Å²) < 4.78 is 5.62. The predicted molar refractivity (Wildman–Crippen MR) is 87.2 cm³/mol. The number of nitrogens with zero attached hydrogens (tertiary/aromatic N) is 1. The Bertz CT molecular complexity index is 540. The SMILES string of the molecule is C=CCOc1ccccc1C(=O)N1CCC2(CCNC2)CC1. The molecule has 22 heavy (non-hydrogen) atoms. The molecule has 1 N–H and O–H groups in total. The second-order valence-electron chi connectivity index (χ2n) is 6.31. The van der Waals surface area contributed by atoms with E-state index in [9.17, 15) is 4.79 Å². The Labute approximate surface area is 132 Å². The zero-order chi connectivity index (χ0) is 15.4. The molecule has 4 heteroatoms. The smallest absolute Gasteiger partial charge is 0.257 e. The van der Waals surface area contributed by atoms with Crippen LogP contribution in [-0.4, -0.2) is 43.6 Å². The van der Waals surface area contributed by atoms with E-state index in [4.69, 9.17) is 4.74 Å². The molecule has 1 aromatic carbocycles. The Morgan fingerprint density at radius 2 is 2.09 bits per heavy atom. The fraction of sp³-hybridized carbons (Fsp3) is 0.500. The second kappa shape index (κ2) is 6.53. The minimum atomic E-state index is 0.0838. The zero-order valence-corrected chi connectivity index (χ0v) is 13.0. The summed E-state index contributed by atoms with van der Waals surface area (Å²) in [5.74, 6) is 0.732. The summed E-state index contributed by atoms with van der Waals surface area (Å²) in [6.07, 6.45) is 5.13. The van der Waals surface area contributed by atoms with Gasteiger partial charge in [0.2, 0.25) is 0 Å². The molecule has 2 fully saturated rings. The molecule has 0 radical (unpaired) electrons. The number of nitrogens with one attached hydrogen (secondary N) is 1. The van der Waals surface area contributed by atoms with E-state index in [1.165, 1.54) is 6.42 Å². The highest BCUT2D eigenvalue weighted by Crippen LogP contribution is 2.37. The van der Waals surface area contributed by atoms with E-state index in [1.54, 1.807) is 6.08 Å². The van der Waals surface area contributed by atoms with Gasteiger partial charge in [-0.25, -0.2) is 0 Å². The minimum Gasteiger partial charge on any atom is -0.489 e. The van der Waals surface area contributed by atoms with Gasteiger partial charge in [0.15, 0.2) is 0 Å². The van der Waals surface area contributed by atoms with Gasteiger partial charge in [0, 0.05) is 19.6 Å². The maximum absolute atomic E-state index is 12.8. The molecule has 1 amide bonds. The van der Waals surface area contributed by atoms with Crippen LogP contribution in [0.4, 0.5) is 0 Å². The third-order valence-electron chi connectivity index (χ3n) is 4.92. The average molecular weight is 300 g/mol. The summed E-state index contributed by atoms with van der Waals surface area (Å²) in [7, 11) is 0. The zero-order valence-electron chi connectivity index (χ0n) is 13.0. The number of amides is 1. The lowest BCUT2D eigenvalue weighted by molar-refractivity contribution is 0.0604. The molecule has 0 bridgehead atoms. The van der Waals surface area contributed by atoms with Crippen LogP contribution in [-0.2, 0) is 0 Å². The van der Waals surface area contributed by atoms with Crippen molar-refractivity contribution in [2.75, 3.05) is 32.8 Å². The first-order valence-corrected chi connectivity index (χ1v) is 8.07. The fourth-order valence-corrected chi connectivity index (χ4v) is 3.49. The van der Waals surface area contributed by atoms with Crippen LogP contribution in [0.5, 0.6) is 5.75 Å². The van der Waals surface area contributed by atoms with Crippen molar-refractivity contribution >= 4 is 5.91 Å². The molecule has 2 saturated heterocycles. The van der Waals surface area contributed by atoms with Crippen molar-refractivity contribution in [1.82, 2.24) is 10.2 Å². The number of para-hydroxylation sites is 1. The molecule has 1 spiro atoms. The molecule has 118 valence electrons. The van der Waals surface area contributed by atoms with E-state index in [0.717, 1.165) is 39.0 Å². The van der Waals surface area contributed by atoms with Crippen LogP contribution in [0.3, 0.4) is 0 Å². The van der Waals surface area contributed by atoms with Crippen molar-refractivity contribution in [3.05, 3.63) is 42.5 Å². The molecule has 0 unspecified atom stereocenters. The minimum absolute atomic E-state index is 0.0838. The lowest BCUT2D eigenvalue weighted by Crippen LogP contribution is -2.44. The van der Waals surface area contributed by atoms with Gasteiger partial charge in [-0.3, -0.25) is 4.79 Å². The summed E-state index contributed by atoms with van der Waals surface area (Å²) in [6.45, 7) is 7.98. The number of piperidine rings is 1. The summed E-state index contributed by atoms with van der Waals surface area (Å²) in [5, 5.41) is 3.46. The van der Waals surface area contributed by atoms with Crippen LogP contribution in [0, 0.1) is 5.41 Å². The van der Waals surface area contributed by atoms with Gasteiger partial charge in [0.1, 0.15) is 12.4 Å². The number of hydrogen-bond acceptors (Lipinski definition) is 3. The Morgan fingerprint density at radius 3 is 2.77 bits per heavy atom. The first-order valence-electron chi connectivity index (χ1n) is 8.07. The number of rotatable bonds is 4. The number of likely N-dealkylation sites (tertiary alicyclic amines) is 1. The van der Waals surface area contributed by atoms with Crippen LogP contribution in [0.25, 0.3) is 0 Å². The van der Waals surface area contributed by atoms with Crippen LogP contribution in [0.2, 0.25) is 0 Å². The van der Waals surface area contributed by atoms with Crippen molar-refractivity contribution < 1.29 is 9.53 Å². The Morgan fingerprint density at radius 1 is 1.32 bits per heavy atom. The van der Waals surface area contributed by atoms with Crippen molar-refractivity contribution in [2.45, 2.75) is 19.3 Å². The van der Waals surface area contributed by atoms with Gasteiger partial charge in [-0.05, 0) is 43.4 Å². The molecular weight excluding hydrogens is 276 g/mol. The van der Waals surface area contributed by atoms with Crippen molar-refractivity contribution in [2.24, 2.45) is 5.41 Å². The third kappa shape index (κ3) is 3.02. The number of carbonyl (C=O) groups is 1. The van der Waals surface area contributed by atoms with Gasteiger partial charge in [0.25, 0.3) is 5.91 Å². The van der Waals surface area contributed by atoms with Crippen LogP contribution >= 0.6 is 0 Å². The highest BCUT2D eigenvalue weighted by atomic mass is 16.5. The van der Waals surface area contributed by atoms with Crippen molar-refractivity contribution in [3.63, 3.8) is 0 Å². The molecule has 0 aliphatic carbocycles. The van der Waals surface area contributed by atoms with Gasteiger partial charge in [-0.15, -0.1) is 0 Å². The third-order valence-corrected chi connectivity index (χ3v) is 4.92. The Kier molecular flexibility index (Phi) is 4.48. The van der Waals surface area contributed by atoms with E-state index in [1.807, 2.05) is 29.2 Å². The van der Waals surface area contributed by atoms with Gasteiger partial charge in [0.05, 0.1) is 5.56 Å². The Balaban J connectivity index is 1.68. The molecule has 0 aromatic heterocycles. The summed E-state index contributed by atoms with van der Waals surface area (Å²) >= 11 is 0. The van der Waals surface area contributed by atoms with E-state index in [2.05, 4.69) is 11.9 Å². The van der Waals surface area contributed by atoms with E-state index in [0.29, 0.717) is 23.3 Å². The first kappa shape index (κ1) is 15.1. The Hall–Kier alpha value is -1.81. The molecular formula is C18H24N2O2. The second-order valence-corrected chi connectivity index (χ2v) is 6.31. The van der Waals surface area contributed by atoms with Crippen molar-refractivity contribution in [1.29, 1.82) is 0 Å². The van der Waals surface area contributed by atoms with Crippen LogP contribution < -0.4 is 10.1 Å². The topological polar surface area (TPSA) is 41.6 Å². The molecule has 2 heterocycles. The molecule has 4 nitrogen and oxygen atoms in total. The molecule has 0 saturated carbocycles. The highest BCUT2D eigenvalue weighted by molar-refractivity contribution is 5.97. The number of ether oxygens (including phenoxy) is 1. The molecule has 1 aromatic rings. The quantitative estimate of drug-likeness (QED) is 0.869. The lowest BCUT2D eigenvalue weighted by Gasteiger charge is -2.39. The predicted octanol–water partition coefficient (Wildman–Crippen LogP) is 2.47. The summed E-state index contributed by atoms with van der Waals surface area (Å²) in [4.78, 5) is 14.8. The maximum atomic E-state index is 12.8. The van der Waals surface area contributed by atoms with E-state index in [-0.39, 0.29) is 5.91 Å². The largest absolute Gasteiger partial charge is 0.489 e. The van der Waals surface area contributed by atoms with Gasteiger partial charge in [-0.1, -0.05) is 24.8 Å². The van der Waals surface area contributed by atoms with Crippen LogP contribution in [0.1, 0.15) is 29.6 Å². The molecule has 2 aliphatic heterocycles. The normalized spacial score (nSPS) is 20.1. The molecule has 0 atom stereocenters. The molecule has 2 aliphatic rings. The van der Waals surface area contributed by atoms with Gasteiger partial charge in [-0.2, -0.15) is 0 Å². The average Bonchev–Trinajstić information content (AvgIpc) is 3.01. The van der Waals surface area contributed by atoms with Gasteiger partial charge < -0.3 is 15.0 Å². The summed E-state index contributed by atoms with van der Waals surface area (Å²) in [6, 6.07) is 7.48. The standard InChI is InChI=1S/C18H24N2O2/c1-2-13-22-16-6-4-3-5-15(16)17(21)20-11-8-18(9-12-20)7-10-19-14-18/h2-6,19H,1,7-14H2. The van der Waals surface area contributed by atoms with Crippen molar-refractivity contribution in [3.8, 4) is 5.75 Å². The highest BCUT2D eigenvalue weighted by Gasteiger charge is 2.38. The first-order chi connectivity index (χ1) is 10.7. The number of hydrogen-bond donors (Lipinski definition) is 1. The van der Waals surface area contributed by atoms with Crippen LogP contribution in [0.15, 0.2) is 36.9 Å². The monoisotopic (exact) mass is 300 g/mol. The summed E-state index contributed by atoms with van der Waals surface area (Å²) in [5.41, 5.74) is 1.08. The fourth-order valence-electron chi connectivity index (χ4n) is 3.49. The van der Waals surface area contributed by atoms with E-state index >= 15 is 0 Å².